The van der Waals surface area contributed by atoms with Crippen LogP contribution in [0.15, 0.2) is 60.7 Å². The van der Waals surface area contributed by atoms with Gasteiger partial charge in [-0.05, 0) is 54.7 Å². The van der Waals surface area contributed by atoms with Gasteiger partial charge in [0.05, 0.1) is 29.2 Å². The molecule has 3 N–H and O–H groups in total. The minimum atomic E-state index is -1.15. The number of carbonyl (C=O) groups excluding carboxylic acids is 1. The molecule has 3 aromatic carbocycles. The van der Waals surface area contributed by atoms with Gasteiger partial charge in [-0.1, -0.05) is 41.9 Å². The Hall–Kier alpha value is -3.68. The van der Waals surface area contributed by atoms with Crippen LogP contribution < -0.4 is 5.32 Å². The average molecular weight is 490 g/mol. The molecule has 5 rings (SSSR count). The molecule has 0 spiro atoms. The number of carboxylic acid groups (broad SMARTS) is 1. The molecule has 1 amide bonds. The molecule has 35 heavy (non-hydrogen) atoms. The first-order chi connectivity index (χ1) is 17.0. The Bertz CT molecular complexity index is 1390. The van der Waals surface area contributed by atoms with E-state index in [1.54, 1.807) is 31.4 Å². The lowest BCUT2D eigenvalue weighted by Crippen LogP contribution is -2.39. The zero-order valence-corrected chi connectivity index (χ0v) is 19.8. The Labute approximate surface area is 207 Å². The van der Waals surface area contributed by atoms with Crippen LogP contribution in [0, 0.1) is 5.92 Å². The fourth-order valence-corrected chi connectivity index (χ4v) is 4.66. The first-order valence-electron chi connectivity index (χ1n) is 11.4. The average Bonchev–Trinajstić information content (AvgIpc) is 3.61. The van der Waals surface area contributed by atoms with Crippen LogP contribution in [-0.2, 0) is 4.74 Å². The molecule has 0 radical (unpaired) electrons. The Morgan fingerprint density at radius 1 is 1.14 bits per heavy atom. The van der Waals surface area contributed by atoms with E-state index in [0.29, 0.717) is 40.1 Å². The molecule has 178 valence electrons. The van der Waals surface area contributed by atoms with Gasteiger partial charge in [0.15, 0.2) is 0 Å². The standard InChI is InChI=1S/C27H24ClN3O4/c1-35-14-23(15-9-10-15)31-26(32)16-11-12-17(19(13-16)27(33)34)24-18(5-4-6-20(24)28)25-29-21-7-2-3-8-22(21)30-25/h2-8,11-13,15,23H,9-10,14H2,1H3,(H,29,30)(H,31,32)(H,33,34). The lowest BCUT2D eigenvalue weighted by Gasteiger charge is -2.18. The Balaban J connectivity index is 1.56. The number of fused-ring (bicyclic) bond motifs is 1. The quantitative estimate of drug-likeness (QED) is 0.307. The predicted octanol–water partition coefficient (Wildman–Crippen LogP) is 5.40. The van der Waals surface area contributed by atoms with Crippen molar-refractivity contribution in [1.29, 1.82) is 0 Å². The highest BCUT2D eigenvalue weighted by Gasteiger charge is 2.32. The molecule has 1 saturated carbocycles. The van der Waals surface area contributed by atoms with E-state index in [9.17, 15) is 14.7 Å². The monoisotopic (exact) mass is 489 g/mol. The summed E-state index contributed by atoms with van der Waals surface area (Å²) >= 11 is 6.61. The summed E-state index contributed by atoms with van der Waals surface area (Å²) in [6, 6.07) is 17.5. The van der Waals surface area contributed by atoms with Crippen molar-refractivity contribution in [2.75, 3.05) is 13.7 Å². The zero-order valence-electron chi connectivity index (χ0n) is 19.0. The maximum absolute atomic E-state index is 12.9. The number of imidazole rings is 1. The molecule has 1 aliphatic rings. The molecule has 8 heteroatoms. The van der Waals surface area contributed by atoms with E-state index in [1.807, 2.05) is 30.3 Å². The molecular formula is C27H24ClN3O4. The predicted molar refractivity (Wildman–Crippen MR) is 135 cm³/mol. The second-order valence-corrected chi connectivity index (χ2v) is 9.11. The molecule has 1 fully saturated rings. The third-order valence-corrected chi connectivity index (χ3v) is 6.61. The lowest BCUT2D eigenvalue weighted by atomic mass is 9.93. The number of hydrogen-bond donors (Lipinski definition) is 3. The number of halogens is 1. The normalized spacial score (nSPS) is 14.1. The first-order valence-corrected chi connectivity index (χ1v) is 11.7. The van der Waals surface area contributed by atoms with E-state index >= 15 is 0 Å². The number of carbonyl (C=O) groups is 2. The van der Waals surface area contributed by atoms with Gasteiger partial charge in [-0.3, -0.25) is 4.79 Å². The summed E-state index contributed by atoms with van der Waals surface area (Å²) in [5.41, 5.74) is 3.52. The van der Waals surface area contributed by atoms with Crippen molar-refractivity contribution in [2.24, 2.45) is 5.92 Å². The summed E-state index contributed by atoms with van der Waals surface area (Å²) in [6.45, 7) is 0.417. The van der Waals surface area contributed by atoms with Gasteiger partial charge >= 0.3 is 5.97 Å². The minimum absolute atomic E-state index is 0.0159. The lowest BCUT2D eigenvalue weighted by molar-refractivity contribution is 0.0697. The van der Waals surface area contributed by atoms with Crippen molar-refractivity contribution in [3.05, 3.63) is 76.8 Å². The van der Waals surface area contributed by atoms with Crippen molar-refractivity contribution in [1.82, 2.24) is 15.3 Å². The number of aromatic nitrogens is 2. The molecule has 0 aliphatic heterocycles. The van der Waals surface area contributed by atoms with Crippen LogP contribution in [-0.4, -0.2) is 46.7 Å². The van der Waals surface area contributed by atoms with Gasteiger partial charge in [-0.15, -0.1) is 0 Å². The highest BCUT2D eigenvalue weighted by molar-refractivity contribution is 6.34. The second kappa shape index (κ2) is 9.52. The number of nitrogens with one attached hydrogen (secondary N) is 2. The van der Waals surface area contributed by atoms with Gasteiger partial charge in [0.25, 0.3) is 5.91 Å². The van der Waals surface area contributed by atoms with E-state index in [4.69, 9.17) is 16.3 Å². The van der Waals surface area contributed by atoms with Gasteiger partial charge in [-0.25, -0.2) is 9.78 Å². The van der Waals surface area contributed by atoms with Crippen molar-refractivity contribution in [2.45, 2.75) is 18.9 Å². The van der Waals surface area contributed by atoms with Gasteiger partial charge in [0.1, 0.15) is 5.82 Å². The maximum atomic E-state index is 12.9. The van der Waals surface area contributed by atoms with E-state index in [2.05, 4.69) is 15.3 Å². The fourth-order valence-electron chi connectivity index (χ4n) is 4.38. The van der Waals surface area contributed by atoms with Gasteiger partial charge in [-0.2, -0.15) is 0 Å². The van der Waals surface area contributed by atoms with E-state index in [1.165, 1.54) is 6.07 Å². The number of carboxylic acids is 1. The second-order valence-electron chi connectivity index (χ2n) is 8.70. The molecule has 1 aromatic heterocycles. The van der Waals surface area contributed by atoms with Crippen molar-refractivity contribution >= 4 is 34.5 Å². The number of hydrogen-bond acceptors (Lipinski definition) is 4. The number of amides is 1. The number of methoxy groups -OCH3 is 1. The van der Waals surface area contributed by atoms with E-state index in [-0.39, 0.29) is 23.1 Å². The van der Waals surface area contributed by atoms with Crippen LogP contribution in [0.4, 0.5) is 0 Å². The molecule has 0 saturated heterocycles. The molecule has 1 aliphatic carbocycles. The summed E-state index contributed by atoms with van der Waals surface area (Å²) in [5.74, 6) is -0.509. The van der Waals surface area contributed by atoms with Crippen molar-refractivity contribution in [3.8, 4) is 22.5 Å². The van der Waals surface area contributed by atoms with E-state index in [0.717, 1.165) is 23.9 Å². The van der Waals surface area contributed by atoms with Crippen LogP contribution in [0.3, 0.4) is 0 Å². The van der Waals surface area contributed by atoms with Crippen molar-refractivity contribution in [3.63, 3.8) is 0 Å². The maximum Gasteiger partial charge on any atom is 0.336 e. The molecular weight excluding hydrogens is 466 g/mol. The Morgan fingerprint density at radius 2 is 1.94 bits per heavy atom. The smallest absolute Gasteiger partial charge is 0.336 e. The summed E-state index contributed by atoms with van der Waals surface area (Å²) < 4.78 is 5.24. The van der Waals surface area contributed by atoms with E-state index < -0.39 is 5.97 Å². The molecule has 1 atom stereocenters. The summed E-state index contributed by atoms with van der Waals surface area (Å²) in [4.78, 5) is 33.2. The number of aromatic carboxylic acids is 1. The number of para-hydroxylation sites is 2. The number of aromatic amines is 1. The topological polar surface area (TPSA) is 104 Å². The molecule has 4 aromatic rings. The highest BCUT2D eigenvalue weighted by atomic mass is 35.5. The summed E-state index contributed by atoms with van der Waals surface area (Å²) in [6.07, 6.45) is 2.09. The molecule has 1 unspecified atom stereocenters. The summed E-state index contributed by atoms with van der Waals surface area (Å²) in [7, 11) is 1.60. The zero-order chi connectivity index (χ0) is 24.5. The number of rotatable bonds is 8. The van der Waals surface area contributed by atoms with Crippen LogP contribution in [0.1, 0.15) is 33.6 Å². The first kappa shape index (κ1) is 23.1. The SMILES string of the molecule is COCC(NC(=O)c1ccc(-c2c(Cl)cccc2-c2nc3ccccc3[nH]2)c(C(=O)O)c1)C1CC1. The molecule has 1 heterocycles. The minimum Gasteiger partial charge on any atom is -0.478 e. The van der Waals surface area contributed by atoms with Gasteiger partial charge in [0.2, 0.25) is 0 Å². The van der Waals surface area contributed by atoms with Crippen LogP contribution in [0.2, 0.25) is 5.02 Å². The Kier molecular flexibility index (Phi) is 6.28. The fraction of sp³-hybridized carbons (Fsp3) is 0.222. The number of H-pyrrole nitrogens is 1. The van der Waals surface area contributed by atoms with Gasteiger partial charge < -0.3 is 20.1 Å². The number of nitrogens with zero attached hydrogens (tertiary/aromatic N) is 1. The third kappa shape index (κ3) is 4.65. The van der Waals surface area contributed by atoms with Crippen LogP contribution in [0.25, 0.3) is 33.5 Å². The largest absolute Gasteiger partial charge is 0.478 e. The van der Waals surface area contributed by atoms with Gasteiger partial charge in [0, 0.05) is 28.8 Å². The molecule has 7 nitrogen and oxygen atoms in total. The van der Waals surface area contributed by atoms with Crippen molar-refractivity contribution < 1.29 is 19.4 Å². The molecule has 0 bridgehead atoms. The highest BCUT2D eigenvalue weighted by Crippen LogP contribution is 2.39. The number of benzene rings is 3. The third-order valence-electron chi connectivity index (χ3n) is 6.29. The van der Waals surface area contributed by atoms with Crippen LogP contribution in [0.5, 0.6) is 0 Å². The Morgan fingerprint density at radius 3 is 2.66 bits per heavy atom. The van der Waals surface area contributed by atoms with Crippen LogP contribution >= 0.6 is 11.6 Å². The summed E-state index contributed by atoms with van der Waals surface area (Å²) in [5, 5.41) is 13.4. The number of ether oxygens (including phenoxy) is 1.